The molecule has 216 valence electrons. The van der Waals surface area contributed by atoms with E-state index in [4.69, 9.17) is 4.74 Å². The molecule has 0 saturated heterocycles. The molecule has 3 aromatic rings. The molecule has 4 aliphatic rings. The summed E-state index contributed by atoms with van der Waals surface area (Å²) >= 11 is 1.39. The van der Waals surface area contributed by atoms with Gasteiger partial charge >= 0.3 is 16.2 Å². The van der Waals surface area contributed by atoms with Crippen LogP contribution in [-0.2, 0) is 11.4 Å². The molecule has 7 rings (SSSR count). The second-order valence-corrected chi connectivity index (χ2v) is 15.1. The maximum atomic E-state index is 13.6. The van der Waals surface area contributed by atoms with E-state index in [0.717, 1.165) is 55.4 Å². The molecule has 2 aromatic carbocycles. The van der Waals surface area contributed by atoms with Gasteiger partial charge in [0, 0.05) is 15.5 Å². The maximum Gasteiger partial charge on any atom is 0.326 e. The normalized spacial score (nSPS) is 28.1. The Kier molecular flexibility index (Phi) is 5.86. The molecule has 0 radical (unpaired) electrons. The van der Waals surface area contributed by atoms with Crippen molar-refractivity contribution in [1.29, 1.82) is 0 Å². The number of carbonyl (C=O) groups excluding carboxylic acids is 1. The average molecular weight is 602 g/mol. The molecule has 4 saturated carbocycles. The Morgan fingerprint density at radius 1 is 0.950 bits per heavy atom. The zero-order valence-electron chi connectivity index (χ0n) is 21.3. The van der Waals surface area contributed by atoms with Crippen molar-refractivity contribution in [2.75, 3.05) is 0 Å². The first-order chi connectivity index (χ1) is 18.6. The predicted molar refractivity (Wildman–Crippen MR) is 143 cm³/mol. The Morgan fingerprint density at radius 2 is 1.55 bits per heavy atom. The van der Waals surface area contributed by atoms with Crippen molar-refractivity contribution in [2.45, 2.75) is 56.1 Å². The number of aliphatic carboxylic acids is 1. The number of carboxylic acid groups (broad SMARTS) is 1. The Hall–Kier alpha value is -2.86. The molecule has 12 heteroatoms. The number of amides is 1. The second kappa shape index (κ2) is 8.58. The second-order valence-electron chi connectivity index (χ2n) is 11.7. The van der Waals surface area contributed by atoms with E-state index in [0.29, 0.717) is 35.3 Å². The first kappa shape index (κ1) is 27.3. The lowest BCUT2D eigenvalue weighted by Gasteiger charge is -2.58. The number of benzene rings is 2. The van der Waals surface area contributed by atoms with Crippen LogP contribution < -0.4 is 10.1 Å². The Balaban J connectivity index is 1.26. The fraction of sp³-hybridized carbons (Fsp3) is 0.429. The number of hydrogen-bond acceptors (Lipinski definition) is 4. The van der Waals surface area contributed by atoms with Gasteiger partial charge < -0.3 is 15.2 Å². The highest BCUT2D eigenvalue weighted by Crippen LogP contribution is 3.02. The molecule has 0 aliphatic heterocycles. The molecule has 2 N–H and O–H groups in total. The van der Waals surface area contributed by atoms with Gasteiger partial charge in [-0.2, -0.15) is 0 Å². The fourth-order valence-corrected chi connectivity index (χ4v) is 9.00. The number of carboxylic acids is 1. The number of thiophene rings is 1. The van der Waals surface area contributed by atoms with Crippen LogP contribution in [0.1, 0.15) is 54.4 Å². The van der Waals surface area contributed by atoms with E-state index in [1.54, 1.807) is 23.6 Å². The zero-order chi connectivity index (χ0) is 28.6. The summed E-state index contributed by atoms with van der Waals surface area (Å²) in [6.07, 6.45) is 5.69. The molecule has 5 nitrogen and oxygen atoms in total. The van der Waals surface area contributed by atoms with Crippen LogP contribution in [0.4, 0.5) is 19.4 Å². The summed E-state index contributed by atoms with van der Waals surface area (Å²) in [4.78, 5) is 24.1. The fourth-order valence-electron chi connectivity index (χ4n) is 7.57. The molecule has 0 spiro atoms. The van der Waals surface area contributed by atoms with Gasteiger partial charge in [0.15, 0.2) is 0 Å². The highest BCUT2D eigenvalue weighted by atomic mass is 32.5. The van der Waals surface area contributed by atoms with E-state index in [9.17, 15) is 34.1 Å². The molecule has 4 bridgehead atoms. The summed E-state index contributed by atoms with van der Waals surface area (Å²) in [6.45, 7) is -0.285. The van der Waals surface area contributed by atoms with Gasteiger partial charge in [-0.1, -0.05) is 31.6 Å². The zero-order valence-corrected chi connectivity index (χ0v) is 22.9. The standard InChI is InChI=1S/C28H28F5NO4S2/c29-40(30,31,32,33)20-3-1-16(2-4-20)15-38-24-21-7-8-39-23(21)6-5-22(24)26(35)34-25(27(36)37)28-12-17-9-18(13-28)11-19(10-17)14-28/h1-8,17-19,25H,9-15H2,(H,34,35)(H,36,37)/t17?,18?,19?,25-,28?/m1/s1. The van der Waals surface area contributed by atoms with E-state index in [1.807, 2.05) is 0 Å². The molecule has 1 amide bonds. The van der Waals surface area contributed by atoms with Crippen LogP contribution in [0.15, 0.2) is 52.7 Å². The van der Waals surface area contributed by atoms with Crippen LogP contribution in [0.5, 0.6) is 5.75 Å². The van der Waals surface area contributed by atoms with Crippen LogP contribution in [0.25, 0.3) is 10.1 Å². The minimum Gasteiger partial charge on any atom is -0.487 e. The lowest BCUT2D eigenvalue weighted by atomic mass is 9.47. The molecule has 1 aromatic heterocycles. The minimum atomic E-state index is -9.80. The lowest BCUT2D eigenvalue weighted by molar-refractivity contribution is -0.150. The van der Waals surface area contributed by atoms with Crippen LogP contribution in [-0.4, -0.2) is 23.0 Å². The Labute approximate surface area is 231 Å². The molecule has 1 atom stereocenters. The number of halogens is 5. The van der Waals surface area contributed by atoms with Gasteiger partial charge in [0.2, 0.25) is 0 Å². The quantitative estimate of drug-likeness (QED) is 0.254. The van der Waals surface area contributed by atoms with E-state index in [1.165, 1.54) is 11.3 Å². The minimum absolute atomic E-state index is 0.102. The lowest BCUT2D eigenvalue weighted by Crippen LogP contribution is -2.59. The van der Waals surface area contributed by atoms with Crippen LogP contribution >= 0.6 is 21.6 Å². The summed E-state index contributed by atoms with van der Waals surface area (Å²) in [5.41, 5.74) is -0.194. The van der Waals surface area contributed by atoms with Gasteiger partial charge in [-0.25, -0.2) is 4.79 Å². The SMILES string of the molecule is O=C(N[C@H](C(=O)O)C12CC3CC(CC(C3)C1)C2)c1ccc2sccc2c1OCc1ccc(S(F)(F)(F)(F)F)cc1. The number of rotatable bonds is 8. The summed E-state index contributed by atoms with van der Waals surface area (Å²) in [7, 11) is -9.80. The number of carbonyl (C=O) groups is 2. The molecular formula is C28H28F5NO4S2. The molecule has 1 heterocycles. The van der Waals surface area contributed by atoms with E-state index >= 15 is 0 Å². The summed E-state index contributed by atoms with van der Waals surface area (Å²) in [6, 6.07) is 6.41. The van der Waals surface area contributed by atoms with Crippen molar-refractivity contribution < 1.29 is 38.9 Å². The number of hydrogen-bond donors (Lipinski definition) is 2. The Bertz CT molecular complexity index is 1470. The molecular weight excluding hydrogens is 573 g/mol. The largest absolute Gasteiger partial charge is 0.487 e. The third-order valence-corrected chi connectivity index (χ3v) is 10.8. The number of nitrogens with one attached hydrogen (secondary N) is 1. The molecule has 4 fully saturated rings. The van der Waals surface area contributed by atoms with Crippen LogP contribution in [0.2, 0.25) is 0 Å². The van der Waals surface area contributed by atoms with Crippen LogP contribution in [0.3, 0.4) is 0 Å². The topological polar surface area (TPSA) is 75.6 Å². The summed E-state index contributed by atoms with van der Waals surface area (Å²) in [5, 5.41) is 15.4. The van der Waals surface area contributed by atoms with Crippen molar-refractivity contribution in [2.24, 2.45) is 23.2 Å². The van der Waals surface area contributed by atoms with Gasteiger partial charge in [0.25, 0.3) is 5.91 Å². The van der Waals surface area contributed by atoms with Gasteiger partial charge in [0.05, 0.1) is 5.56 Å². The van der Waals surface area contributed by atoms with Crippen molar-refractivity contribution >= 4 is 43.5 Å². The van der Waals surface area contributed by atoms with Crippen molar-refractivity contribution in [3.63, 3.8) is 0 Å². The third kappa shape index (κ3) is 5.04. The smallest absolute Gasteiger partial charge is 0.326 e. The van der Waals surface area contributed by atoms with Gasteiger partial charge in [0.1, 0.15) is 23.3 Å². The van der Waals surface area contributed by atoms with Crippen LogP contribution in [0, 0.1) is 23.2 Å². The van der Waals surface area contributed by atoms with Crippen molar-refractivity contribution in [3.8, 4) is 5.75 Å². The average Bonchev–Trinajstić information content (AvgIpc) is 3.32. The number of fused-ring (bicyclic) bond motifs is 1. The third-order valence-electron chi connectivity index (χ3n) is 8.80. The van der Waals surface area contributed by atoms with Gasteiger partial charge in [-0.3, -0.25) is 4.79 Å². The molecule has 4 aliphatic carbocycles. The van der Waals surface area contributed by atoms with Crippen molar-refractivity contribution in [1.82, 2.24) is 5.32 Å². The summed E-state index contributed by atoms with van der Waals surface area (Å²) in [5.74, 6) is -0.0755. The molecule has 0 unspecified atom stereocenters. The van der Waals surface area contributed by atoms with Gasteiger partial charge in [-0.15, -0.1) is 11.3 Å². The monoisotopic (exact) mass is 601 g/mol. The predicted octanol–water partition coefficient (Wildman–Crippen LogP) is 8.54. The van der Waals surface area contributed by atoms with E-state index < -0.39 is 38.5 Å². The van der Waals surface area contributed by atoms with E-state index in [2.05, 4.69) is 5.32 Å². The van der Waals surface area contributed by atoms with Gasteiger partial charge in [-0.05, 0) is 97.6 Å². The first-order valence-electron chi connectivity index (χ1n) is 13.1. The first-order valence-corrected chi connectivity index (χ1v) is 15.9. The highest BCUT2D eigenvalue weighted by Gasteiger charge is 2.65. The van der Waals surface area contributed by atoms with Crippen molar-refractivity contribution in [3.05, 3.63) is 59.0 Å². The maximum absolute atomic E-state index is 13.6. The van der Waals surface area contributed by atoms with E-state index in [-0.39, 0.29) is 23.5 Å². The highest BCUT2D eigenvalue weighted by molar-refractivity contribution is 8.45. The molecule has 40 heavy (non-hydrogen) atoms. The number of ether oxygens (including phenoxy) is 1. The Morgan fingerprint density at radius 3 is 2.10 bits per heavy atom. The summed E-state index contributed by atoms with van der Waals surface area (Å²) < 4.78 is 72.2.